The topological polar surface area (TPSA) is 129 Å². The molecule has 4 aromatic rings. The van der Waals surface area contributed by atoms with E-state index in [2.05, 4.69) is 29.4 Å². The number of nitrogens with one attached hydrogen (secondary N) is 1. The van der Waals surface area contributed by atoms with Crippen LogP contribution in [0.15, 0.2) is 67.0 Å². The fourth-order valence-electron chi connectivity index (χ4n) is 4.70. The van der Waals surface area contributed by atoms with Gasteiger partial charge in [-0.15, -0.1) is 0 Å². The van der Waals surface area contributed by atoms with Gasteiger partial charge in [0.25, 0.3) is 0 Å². The van der Waals surface area contributed by atoms with E-state index in [1.807, 2.05) is 30.3 Å². The fraction of sp³-hybridized carbons (Fsp3) is 0.242. The van der Waals surface area contributed by atoms with Crippen molar-refractivity contribution in [3.8, 4) is 40.2 Å². The number of fused-ring (bicyclic) bond motifs is 1. The van der Waals surface area contributed by atoms with Crippen LogP contribution in [0.3, 0.4) is 0 Å². The van der Waals surface area contributed by atoms with Gasteiger partial charge in [-0.2, -0.15) is 5.26 Å². The van der Waals surface area contributed by atoms with Gasteiger partial charge in [-0.3, -0.25) is 9.78 Å². The van der Waals surface area contributed by atoms with Crippen molar-refractivity contribution >= 4 is 17.5 Å². The summed E-state index contributed by atoms with van der Waals surface area (Å²) in [6.45, 7) is 4.42. The van der Waals surface area contributed by atoms with Crippen molar-refractivity contribution in [2.45, 2.75) is 33.1 Å². The summed E-state index contributed by atoms with van der Waals surface area (Å²) in [7, 11) is 0. The number of hydrogen-bond acceptors (Lipinski definition) is 8. The lowest BCUT2D eigenvalue weighted by Gasteiger charge is -2.20. The number of aromatic nitrogens is 1. The molecule has 0 bridgehead atoms. The standard InChI is InChI=1S/C33H31ClN4O5/c1-21-25(3-2-4-27(21)24-5-6-29-32(13-24)41-10-9-40-29)20-43-31-14-30(42-19-23-11-22(15-35)16-38-17-23)26(12-28(31)34)18-37-8-7-33(36)39/h2-6,11-14,16-17,37H,7-10,18-20H2,1H3,(H2,36,39). The summed E-state index contributed by atoms with van der Waals surface area (Å²) >= 11 is 6.67. The SMILES string of the molecule is Cc1c(COc2cc(OCc3cncc(C#N)c3)c(CNCCC(N)=O)cc2Cl)cccc1-c1ccc2c(c1)OCCO2. The van der Waals surface area contributed by atoms with Crippen molar-refractivity contribution in [2.75, 3.05) is 19.8 Å². The highest BCUT2D eigenvalue weighted by Crippen LogP contribution is 2.37. The molecule has 2 heterocycles. The molecule has 0 spiro atoms. The molecule has 0 radical (unpaired) electrons. The summed E-state index contributed by atoms with van der Waals surface area (Å²) in [5.74, 6) is 2.12. The fourth-order valence-corrected chi connectivity index (χ4v) is 4.94. The maximum atomic E-state index is 11.1. The lowest BCUT2D eigenvalue weighted by molar-refractivity contribution is -0.117. The van der Waals surface area contributed by atoms with Crippen LogP contribution < -0.4 is 30.0 Å². The number of ether oxygens (including phenoxy) is 4. The highest BCUT2D eigenvalue weighted by Gasteiger charge is 2.16. The molecule has 220 valence electrons. The Hall–Kier alpha value is -4.78. The Morgan fingerprint density at radius 3 is 2.65 bits per heavy atom. The van der Waals surface area contributed by atoms with Crippen molar-refractivity contribution in [1.29, 1.82) is 5.26 Å². The molecular formula is C33H31ClN4O5. The number of nitriles is 1. The number of carbonyl (C=O) groups excluding carboxylic acids is 1. The molecule has 10 heteroatoms. The zero-order valence-electron chi connectivity index (χ0n) is 23.7. The third-order valence-electron chi connectivity index (χ3n) is 6.98. The number of carbonyl (C=O) groups is 1. The molecule has 1 aliphatic rings. The van der Waals surface area contributed by atoms with Gasteiger partial charge in [-0.05, 0) is 53.4 Å². The van der Waals surface area contributed by atoms with Gasteiger partial charge in [0.1, 0.15) is 44.0 Å². The van der Waals surface area contributed by atoms with E-state index < -0.39 is 0 Å². The van der Waals surface area contributed by atoms with Crippen LogP contribution >= 0.6 is 11.6 Å². The first kappa shape index (κ1) is 29.7. The second-order valence-electron chi connectivity index (χ2n) is 10.0. The van der Waals surface area contributed by atoms with Crippen LogP contribution in [0.2, 0.25) is 5.02 Å². The quantitative estimate of drug-likeness (QED) is 0.205. The first-order valence-electron chi connectivity index (χ1n) is 13.8. The van der Waals surface area contributed by atoms with Crippen molar-refractivity contribution in [3.63, 3.8) is 0 Å². The molecule has 5 rings (SSSR count). The first-order chi connectivity index (χ1) is 20.9. The Balaban J connectivity index is 1.35. The van der Waals surface area contributed by atoms with Crippen LogP contribution in [0, 0.1) is 18.3 Å². The molecule has 0 saturated heterocycles. The van der Waals surface area contributed by atoms with Crippen LogP contribution in [-0.2, 0) is 24.6 Å². The Bertz CT molecular complexity index is 1670. The highest BCUT2D eigenvalue weighted by molar-refractivity contribution is 6.32. The molecule has 9 nitrogen and oxygen atoms in total. The average molecular weight is 599 g/mol. The number of pyridine rings is 1. The number of amides is 1. The Morgan fingerprint density at radius 1 is 1.02 bits per heavy atom. The monoisotopic (exact) mass is 598 g/mol. The molecule has 3 aromatic carbocycles. The number of primary amides is 1. The van der Waals surface area contributed by atoms with Gasteiger partial charge in [0, 0.05) is 49.1 Å². The number of halogens is 1. The van der Waals surface area contributed by atoms with Crippen LogP contribution in [0.25, 0.3) is 11.1 Å². The molecule has 1 aliphatic heterocycles. The van der Waals surface area contributed by atoms with Crippen LogP contribution in [0.5, 0.6) is 23.0 Å². The second-order valence-corrected chi connectivity index (χ2v) is 10.4. The maximum absolute atomic E-state index is 11.1. The van der Waals surface area contributed by atoms with Gasteiger partial charge in [0.2, 0.25) is 5.91 Å². The summed E-state index contributed by atoms with van der Waals surface area (Å²) in [5.41, 5.74) is 11.4. The minimum absolute atomic E-state index is 0.189. The second kappa shape index (κ2) is 13.9. The van der Waals surface area contributed by atoms with Crippen molar-refractivity contribution < 1.29 is 23.7 Å². The molecule has 1 amide bonds. The zero-order chi connectivity index (χ0) is 30.2. The lowest BCUT2D eigenvalue weighted by atomic mass is 9.96. The van der Waals surface area contributed by atoms with Gasteiger partial charge >= 0.3 is 0 Å². The lowest BCUT2D eigenvalue weighted by Crippen LogP contribution is -2.22. The Kier molecular flexibility index (Phi) is 9.62. The van der Waals surface area contributed by atoms with E-state index in [4.69, 9.17) is 36.3 Å². The molecule has 0 atom stereocenters. The molecule has 43 heavy (non-hydrogen) atoms. The smallest absolute Gasteiger partial charge is 0.218 e. The third-order valence-corrected chi connectivity index (χ3v) is 7.27. The van der Waals surface area contributed by atoms with Crippen molar-refractivity contribution in [3.05, 3.63) is 99.8 Å². The number of benzene rings is 3. The molecule has 3 N–H and O–H groups in total. The molecule has 0 fully saturated rings. The van der Waals surface area contributed by atoms with Gasteiger partial charge < -0.3 is 30.0 Å². The van der Waals surface area contributed by atoms with Gasteiger partial charge in [-0.1, -0.05) is 35.9 Å². The molecule has 0 saturated carbocycles. The van der Waals surface area contributed by atoms with Crippen LogP contribution in [0.4, 0.5) is 0 Å². The number of nitrogens with zero attached hydrogens (tertiary/aromatic N) is 2. The van der Waals surface area contributed by atoms with Crippen LogP contribution in [0.1, 0.15) is 34.2 Å². The third kappa shape index (κ3) is 7.55. The predicted molar refractivity (Wildman–Crippen MR) is 162 cm³/mol. The van der Waals surface area contributed by atoms with Crippen molar-refractivity contribution in [2.24, 2.45) is 5.73 Å². The highest BCUT2D eigenvalue weighted by atomic mass is 35.5. The predicted octanol–water partition coefficient (Wildman–Crippen LogP) is 5.48. The summed E-state index contributed by atoms with van der Waals surface area (Å²) in [6, 6.07) is 19.4. The maximum Gasteiger partial charge on any atom is 0.218 e. The summed E-state index contributed by atoms with van der Waals surface area (Å²) < 4.78 is 23.8. The first-order valence-corrected chi connectivity index (χ1v) is 14.2. The molecule has 0 unspecified atom stereocenters. The van der Waals surface area contributed by atoms with E-state index in [-0.39, 0.29) is 25.5 Å². The van der Waals surface area contributed by atoms with E-state index >= 15 is 0 Å². The minimum atomic E-state index is -0.385. The summed E-state index contributed by atoms with van der Waals surface area (Å²) in [5, 5.41) is 12.8. The van der Waals surface area contributed by atoms with Gasteiger partial charge in [-0.25, -0.2) is 0 Å². The number of nitrogens with two attached hydrogens (primary N) is 1. The van der Waals surface area contributed by atoms with E-state index in [0.29, 0.717) is 48.4 Å². The molecule has 1 aromatic heterocycles. The molecule has 0 aliphatic carbocycles. The number of hydrogen-bond donors (Lipinski definition) is 2. The summed E-state index contributed by atoms with van der Waals surface area (Å²) in [4.78, 5) is 15.2. The minimum Gasteiger partial charge on any atom is -0.488 e. The molecular weight excluding hydrogens is 568 g/mol. The Morgan fingerprint density at radius 2 is 1.84 bits per heavy atom. The van der Waals surface area contributed by atoms with E-state index in [1.54, 1.807) is 24.4 Å². The van der Waals surface area contributed by atoms with E-state index in [9.17, 15) is 10.1 Å². The van der Waals surface area contributed by atoms with Crippen LogP contribution in [-0.4, -0.2) is 30.6 Å². The van der Waals surface area contributed by atoms with Gasteiger partial charge in [0.15, 0.2) is 11.5 Å². The summed E-state index contributed by atoms with van der Waals surface area (Å²) in [6.07, 6.45) is 3.36. The van der Waals surface area contributed by atoms with Gasteiger partial charge in [0.05, 0.1) is 10.6 Å². The normalized spacial score (nSPS) is 11.9. The van der Waals surface area contributed by atoms with E-state index in [0.717, 1.165) is 44.9 Å². The largest absolute Gasteiger partial charge is 0.488 e. The number of rotatable bonds is 12. The van der Waals surface area contributed by atoms with Crippen molar-refractivity contribution in [1.82, 2.24) is 10.3 Å². The Labute approximate surface area is 255 Å². The zero-order valence-corrected chi connectivity index (χ0v) is 24.4. The average Bonchev–Trinajstić information content (AvgIpc) is 3.02. The van der Waals surface area contributed by atoms with E-state index in [1.165, 1.54) is 6.20 Å².